The Morgan fingerprint density at radius 2 is 1.75 bits per heavy atom. The van der Waals surface area contributed by atoms with Crippen LogP contribution < -0.4 is 5.32 Å². The van der Waals surface area contributed by atoms with Gasteiger partial charge in [0.2, 0.25) is 0 Å². The highest BCUT2D eigenvalue weighted by molar-refractivity contribution is 8.13. The molecule has 1 aromatic rings. The summed E-state index contributed by atoms with van der Waals surface area (Å²) in [7, 11) is 1.31. The largest absolute Gasteiger partial charge is 0.465 e. The van der Waals surface area contributed by atoms with Gasteiger partial charge in [0.15, 0.2) is 5.12 Å². The van der Waals surface area contributed by atoms with E-state index in [4.69, 9.17) is 4.74 Å². The summed E-state index contributed by atoms with van der Waals surface area (Å²) in [5.41, 5.74) is 0.565. The molecule has 1 N–H and O–H groups in total. The van der Waals surface area contributed by atoms with Crippen molar-refractivity contribution in [2.75, 3.05) is 12.9 Å². The van der Waals surface area contributed by atoms with Gasteiger partial charge in [0.05, 0.1) is 18.7 Å². The number of carbonyl (C=O) groups excluding carboxylic acids is 3. The van der Waals surface area contributed by atoms with E-state index in [2.05, 4.69) is 10.1 Å². The first kappa shape index (κ1) is 20.0. The van der Waals surface area contributed by atoms with Crippen LogP contribution in [0.4, 0.5) is 4.79 Å². The third-order valence-electron chi connectivity index (χ3n) is 2.88. The number of hydrogen-bond donors (Lipinski definition) is 1. The maximum absolute atomic E-state index is 12.0. The lowest BCUT2D eigenvalue weighted by molar-refractivity contribution is -0.109. The zero-order chi connectivity index (χ0) is 18.3. The lowest BCUT2D eigenvalue weighted by atomic mass is 10.1. The number of esters is 1. The molecule has 1 aromatic carbocycles. The van der Waals surface area contributed by atoms with Crippen molar-refractivity contribution in [3.63, 3.8) is 0 Å². The summed E-state index contributed by atoms with van der Waals surface area (Å²) < 4.78 is 9.92. The third-order valence-corrected chi connectivity index (χ3v) is 3.78. The van der Waals surface area contributed by atoms with Gasteiger partial charge in [0.1, 0.15) is 5.60 Å². The normalized spacial score (nSPS) is 12.2. The maximum Gasteiger partial charge on any atom is 0.408 e. The number of ether oxygens (including phenoxy) is 2. The molecule has 0 radical (unpaired) electrons. The van der Waals surface area contributed by atoms with E-state index in [0.717, 1.165) is 17.3 Å². The molecule has 132 valence electrons. The van der Waals surface area contributed by atoms with Crippen LogP contribution in [-0.4, -0.2) is 35.6 Å². The molecular formula is C17H23NO5S. The SMILES string of the molecule is COC(=O)c1ccc(C(CSC(C)=O)NC(=O)OC(C)(C)C)cc1. The van der Waals surface area contributed by atoms with Gasteiger partial charge in [-0.1, -0.05) is 23.9 Å². The first-order valence-corrected chi connectivity index (χ1v) is 8.42. The topological polar surface area (TPSA) is 81.7 Å². The minimum atomic E-state index is -0.614. The molecule has 1 atom stereocenters. The fraction of sp³-hybridized carbons (Fsp3) is 0.471. The molecule has 0 bridgehead atoms. The Hall–Kier alpha value is -2.02. The Bertz CT molecular complexity index is 592. The van der Waals surface area contributed by atoms with E-state index in [0.29, 0.717) is 11.3 Å². The Balaban J connectivity index is 2.90. The second-order valence-corrected chi connectivity index (χ2v) is 7.31. The van der Waals surface area contributed by atoms with Crippen LogP contribution >= 0.6 is 11.8 Å². The standard InChI is InChI=1S/C17H23NO5S/c1-11(19)24-10-14(18-16(21)23-17(2,3)4)12-6-8-13(9-7-12)15(20)22-5/h6-9,14H,10H2,1-5H3,(H,18,21). The maximum atomic E-state index is 12.0. The van der Waals surface area contributed by atoms with Crippen LogP contribution in [0.25, 0.3) is 0 Å². The summed E-state index contributed by atoms with van der Waals surface area (Å²) in [6.07, 6.45) is -0.561. The lowest BCUT2D eigenvalue weighted by Gasteiger charge is -2.23. The summed E-state index contributed by atoms with van der Waals surface area (Å²) in [4.78, 5) is 34.7. The molecule has 0 heterocycles. The summed E-state index contributed by atoms with van der Waals surface area (Å²) in [6, 6.07) is 6.25. The van der Waals surface area contributed by atoms with Gasteiger partial charge < -0.3 is 14.8 Å². The Kier molecular flexibility index (Phi) is 7.28. The number of hydrogen-bond acceptors (Lipinski definition) is 6. The first-order valence-electron chi connectivity index (χ1n) is 7.43. The van der Waals surface area contributed by atoms with Crippen LogP contribution in [0.15, 0.2) is 24.3 Å². The number of rotatable bonds is 5. The highest BCUT2D eigenvalue weighted by atomic mass is 32.2. The van der Waals surface area contributed by atoms with Crippen LogP contribution in [0.5, 0.6) is 0 Å². The molecule has 1 amide bonds. The molecule has 0 aliphatic rings. The van der Waals surface area contributed by atoms with Crippen LogP contribution in [0.3, 0.4) is 0 Å². The zero-order valence-corrected chi connectivity index (χ0v) is 15.4. The molecule has 6 nitrogen and oxygen atoms in total. The minimum absolute atomic E-state index is 0.0443. The number of nitrogens with one attached hydrogen (secondary N) is 1. The quantitative estimate of drug-likeness (QED) is 0.818. The van der Waals surface area contributed by atoms with Gasteiger partial charge in [-0.15, -0.1) is 0 Å². The van der Waals surface area contributed by atoms with E-state index in [9.17, 15) is 14.4 Å². The molecule has 1 rings (SSSR count). The average Bonchev–Trinajstić information content (AvgIpc) is 2.49. The van der Waals surface area contributed by atoms with Crippen molar-refractivity contribution in [1.82, 2.24) is 5.32 Å². The summed E-state index contributed by atoms with van der Waals surface area (Å²) >= 11 is 1.11. The van der Waals surface area contributed by atoms with Crippen molar-refractivity contribution < 1.29 is 23.9 Å². The van der Waals surface area contributed by atoms with Crippen LogP contribution in [-0.2, 0) is 14.3 Å². The molecule has 0 aliphatic heterocycles. The first-order chi connectivity index (χ1) is 11.1. The van der Waals surface area contributed by atoms with Crippen molar-refractivity contribution in [3.8, 4) is 0 Å². The van der Waals surface area contributed by atoms with Crippen LogP contribution in [0.2, 0.25) is 0 Å². The van der Waals surface area contributed by atoms with Crippen molar-refractivity contribution in [2.24, 2.45) is 0 Å². The van der Waals surface area contributed by atoms with Crippen LogP contribution in [0.1, 0.15) is 49.7 Å². The lowest BCUT2D eigenvalue weighted by Crippen LogP contribution is -2.36. The molecule has 0 saturated heterocycles. The Morgan fingerprint density at radius 3 is 2.21 bits per heavy atom. The van der Waals surface area contributed by atoms with Crippen LogP contribution in [0, 0.1) is 0 Å². The van der Waals surface area contributed by atoms with Gasteiger partial charge in [0, 0.05) is 12.7 Å². The minimum Gasteiger partial charge on any atom is -0.465 e. The molecule has 1 unspecified atom stereocenters. The fourth-order valence-electron chi connectivity index (χ4n) is 1.84. The monoisotopic (exact) mass is 353 g/mol. The van der Waals surface area contributed by atoms with Crippen molar-refractivity contribution in [2.45, 2.75) is 39.3 Å². The number of methoxy groups -OCH3 is 1. The highest BCUT2D eigenvalue weighted by Crippen LogP contribution is 2.21. The fourth-order valence-corrected chi connectivity index (χ4v) is 2.52. The molecule has 0 aromatic heterocycles. The zero-order valence-electron chi connectivity index (χ0n) is 14.5. The molecule has 0 saturated carbocycles. The summed E-state index contributed by atoms with van der Waals surface area (Å²) in [6.45, 7) is 6.79. The predicted molar refractivity (Wildman–Crippen MR) is 93.0 cm³/mol. The van der Waals surface area contributed by atoms with E-state index in [1.165, 1.54) is 14.0 Å². The molecule has 7 heteroatoms. The number of thioether (sulfide) groups is 1. The second kappa shape index (κ2) is 8.73. The molecule has 24 heavy (non-hydrogen) atoms. The predicted octanol–water partition coefficient (Wildman–Crippen LogP) is 3.32. The third kappa shape index (κ3) is 7.04. The molecule has 0 aliphatic carbocycles. The van der Waals surface area contributed by atoms with Crippen molar-refractivity contribution in [3.05, 3.63) is 35.4 Å². The van der Waals surface area contributed by atoms with E-state index in [-0.39, 0.29) is 5.12 Å². The average molecular weight is 353 g/mol. The van der Waals surface area contributed by atoms with E-state index < -0.39 is 23.7 Å². The molecule has 0 fully saturated rings. The molecule has 0 spiro atoms. The number of benzene rings is 1. The summed E-state index contributed by atoms with van der Waals surface area (Å²) in [5, 5.41) is 2.71. The van der Waals surface area contributed by atoms with Gasteiger partial charge in [0.25, 0.3) is 0 Å². The molecular weight excluding hydrogens is 330 g/mol. The van der Waals surface area contributed by atoms with E-state index in [1.807, 2.05) is 0 Å². The van der Waals surface area contributed by atoms with E-state index >= 15 is 0 Å². The van der Waals surface area contributed by atoms with Crippen molar-refractivity contribution in [1.29, 1.82) is 0 Å². The van der Waals surface area contributed by atoms with Gasteiger partial charge in [-0.25, -0.2) is 9.59 Å². The number of alkyl carbamates (subject to hydrolysis) is 1. The van der Waals surface area contributed by atoms with Gasteiger partial charge in [-0.3, -0.25) is 4.79 Å². The Labute approximate surface area is 146 Å². The second-order valence-electron chi connectivity index (χ2n) is 6.11. The Morgan fingerprint density at radius 1 is 1.17 bits per heavy atom. The van der Waals surface area contributed by atoms with Gasteiger partial charge in [-0.05, 0) is 38.5 Å². The van der Waals surface area contributed by atoms with Gasteiger partial charge >= 0.3 is 12.1 Å². The number of amides is 1. The van der Waals surface area contributed by atoms with Crippen molar-refractivity contribution >= 4 is 28.9 Å². The smallest absolute Gasteiger partial charge is 0.408 e. The highest BCUT2D eigenvalue weighted by Gasteiger charge is 2.21. The summed E-state index contributed by atoms with van der Waals surface area (Å²) in [5.74, 6) is -0.0668. The van der Waals surface area contributed by atoms with Gasteiger partial charge in [-0.2, -0.15) is 0 Å². The van der Waals surface area contributed by atoms with E-state index in [1.54, 1.807) is 45.0 Å². The number of carbonyl (C=O) groups is 3.